The zero-order valence-electron chi connectivity index (χ0n) is 9.64. The van der Waals surface area contributed by atoms with Crippen LogP contribution in [-0.4, -0.2) is 15.5 Å². The number of anilines is 1. The summed E-state index contributed by atoms with van der Waals surface area (Å²) in [5.74, 6) is 0.529. The first-order valence-electron chi connectivity index (χ1n) is 5.44. The Balaban J connectivity index is 2.01. The Morgan fingerprint density at radius 1 is 1.50 bits per heavy atom. The molecule has 1 heterocycles. The van der Waals surface area contributed by atoms with Gasteiger partial charge < -0.3 is 15.6 Å². The monoisotopic (exact) mass is 264 g/mol. The summed E-state index contributed by atoms with van der Waals surface area (Å²) in [6, 6.07) is 7.00. The topological polar surface area (TPSA) is 72.9 Å². The molecule has 2 aromatic rings. The molecule has 1 amide bonds. The molecule has 3 N–H and O–H groups in total. The lowest BCUT2D eigenvalue weighted by Gasteiger charge is -2.08. The van der Waals surface area contributed by atoms with Crippen molar-refractivity contribution in [3.63, 3.8) is 0 Å². The lowest BCUT2D eigenvalue weighted by Crippen LogP contribution is -2.20. The summed E-state index contributed by atoms with van der Waals surface area (Å²) in [6.07, 6.45) is 3.34. The third-order valence-corrected chi connectivity index (χ3v) is 2.64. The lowest BCUT2D eigenvalue weighted by atomic mass is 10.3. The van der Waals surface area contributed by atoms with Crippen LogP contribution < -0.4 is 11.1 Å². The number of nitrogens with zero attached hydrogens (tertiary/aromatic N) is 2. The number of nitrogens with one attached hydrogen (secondary N) is 1. The van der Waals surface area contributed by atoms with Gasteiger partial charge in [-0.05, 0) is 18.2 Å². The minimum Gasteiger partial charge on any atom is -0.324 e. The van der Waals surface area contributed by atoms with Crippen LogP contribution in [0.2, 0.25) is 5.02 Å². The summed E-state index contributed by atoms with van der Waals surface area (Å²) in [5.41, 5.74) is 6.18. The normalized spacial score (nSPS) is 10.3. The van der Waals surface area contributed by atoms with E-state index < -0.39 is 0 Å². The fourth-order valence-corrected chi connectivity index (χ4v) is 1.79. The van der Waals surface area contributed by atoms with Crippen LogP contribution in [0.25, 0.3) is 0 Å². The van der Waals surface area contributed by atoms with E-state index in [9.17, 15) is 4.79 Å². The molecule has 2 rings (SSSR count). The average molecular weight is 265 g/mol. The molecule has 0 aliphatic heterocycles. The van der Waals surface area contributed by atoms with Crippen LogP contribution in [0.15, 0.2) is 36.7 Å². The van der Waals surface area contributed by atoms with E-state index in [-0.39, 0.29) is 12.5 Å². The Morgan fingerprint density at radius 2 is 2.33 bits per heavy atom. The minimum atomic E-state index is -0.148. The number of benzene rings is 1. The number of nitrogens with two attached hydrogens (primary N) is 1. The molecule has 0 unspecified atom stereocenters. The van der Waals surface area contributed by atoms with Crippen molar-refractivity contribution >= 4 is 23.2 Å². The van der Waals surface area contributed by atoms with Crippen molar-refractivity contribution in [3.05, 3.63) is 47.5 Å². The van der Waals surface area contributed by atoms with Crippen molar-refractivity contribution in [1.29, 1.82) is 0 Å². The van der Waals surface area contributed by atoms with Gasteiger partial charge in [0.2, 0.25) is 5.91 Å². The Bertz CT molecular complexity index is 553. The SMILES string of the molecule is NCc1nccn1CC(=O)Nc1cccc(Cl)c1. The predicted molar refractivity (Wildman–Crippen MR) is 70.2 cm³/mol. The molecule has 0 aliphatic rings. The molecule has 0 aliphatic carbocycles. The van der Waals surface area contributed by atoms with Gasteiger partial charge in [-0.25, -0.2) is 4.98 Å². The van der Waals surface area contributed by atoms with Gasteiger partial charge in [0.25, 0.3) is 0 Å². The molecule has 0 saturated carbocycles. The third-order valence-electron chi connectivity index (χ3n) is 2.41. The van der Waals surface area contributed by atoms with E-state index in [4.69, 9.17) is 17.3 Å². The molecule has 1 aromatic heterocycles. The van der Waals surface area contributed by atoms with Gasteiger partial charge in [-0.15, -0.1) is 0 Å². The molecule has 6 heteroatoms. The van der Waals surface area contributed by atoms with Crippen LogP contribution in [0.4, 0.5) is 5.69 Å². The van der Waals surface area contributed by atoms with Crippen LogP contribution in [0, 0.1) is 0 Å². The first-order valence-corrected chi connectivity index (χ1v) is 5.82. The van der Waals surface area contributed by atoms with Gasteiger partial charge in [-0.2, -0.15) is 0 Å². The van der Waals surface area contributed by atoms with E-state index in [1.807, 2.05) is 0 Å². The van der Waals surface area contributed by atoms with E-state index in [2.05, 4.69) is 10.3 Å². The van der Waals surface area contributed by atoms with Gasteiger partial charge in [0.05, 0.1) is 6.54 Å². The number of hydrogen-bond donors (Lipinski definition) is 2. The maximum Gasteiger partial charge on any atom is 0.244 e. The summed E-state index contributed by atoms with van der Waals surface area (Å²) in [5, 5.41) is 3.34. The van der Waals surface area contributed by atoms with E-state index in [1.54, 1.807) is 41.2 Å². The Morgan fingerprint density at radius 3 is 3.06 bits per heavy atom. The van der Waals surface area contributed by atoms with E-state index in [1.165, 1.54) is 0 Å². The highest BCUT2D eigenvalue weighted by Gasteiger charge is 2.07. The molecule has 0 bridgehead atoms. The predicted octanol–water partition coefficient (Wildman–Crippen LogP) is 1.63. The van der Waals surface area contributed by atoms with E-state index in [0.717, 1.165) is 0 Å². The molecule has 0 fully saturated rings. The van der Waals surface area contributed by atoms with Gasteiger partial charge in [0.1, 0.15) is 12.4 Å². The van der Waals surface area contributed by atoms with Crippen molar-refractivity contribution in [2.24, 2.45) is 5.73 Å². The van der Waals surface area contributed by atoms with Crippen molar-refractivity contribution in [2.45, 2.75) is 13.1 Å². The number of aromatic nitrogens is 2. The first-order chi connectivity index (χ1) is 8.69. The number of halogens is 1. The maximum atomic E-state index is 11.8. The van der Waals surface area contributed by atoms with Crippen molar-refractivity contribution in [1.82, 2.24) is 9.55 Å². The molecule has 0 saturated heterocycles. The summed E-state index contributed by atoms with van der Waals surface area (Å²) in [6.45, 7) is 0.483. The van der Waals surface area contributed by atoms with Gasteiger partial charge in [0.15, 0.2) is 0 Å². The lowest BCUT2D eigenvalue weighted by molar-refractivity contribution is -0.116. The Labute approximate surface area is 110 Å². The van der Waals surface area contributed by atoms with Crippen molar-refractivity contribution in [3.8, 4) is 0 Å². The smallest absolute Gasteiger partial charge is 0.244 e. The molecule has 0 spiro atoms. The Hall–Kier alpha value is -1.85. The van der Waals surface area contributed by atoms with Crippen LogP contribution >= 0.6 is 11.6 Å². The summed E-state index contributed by atoms with van der Waals surface area (Å²) < 4.78 is 1.71. The van der Waals surface area contributed by atoms with Crippen molar-refractivity contribution in [2.75, 3.05) is 5.32 Å². The van der Waals surface area contributed by atoms with Crippen LogP contribution in [0.1, 0.15) is 5.82 Å². The molecule has 0 atom stereocenters. The highest BCUT2D eigenvalue weighted by atomic mass is 35.5. The van der Waals surface area contributed by atoms with Gasteiger partial charge in [-0.1, -0.05) is 17.7 Å². The third kappa shape index (κ3) is 3.09. The average Bonchev–Trinajstić information content (AvgIpc) is 2.76. The molecule has 1 aromatic carbocycles. The number of hydrogen-bond acceptors (Lipinski definition) is 3. The quantitative estimate of drug-likeness (QED) is 0.882. The minimum absolute atomic E-state index is 0.148. The Kier molecular flexibility index (Phi) is 3.96. The van der Waals surface area contributed by atoms with E-state index >= 15 is 0 Å². The number of rotatable bonds is 4. The van der Waals surface area contributed by atoms with Gasteiger partial charge >= 0.3 is 0 Å². The number of amides is 1. The standard InChI is InChI=1S/C12H13ClN4O/c13-9-2-1-3-10(6-9)16-12(18)8-17-5-4-15-11(17)7-14/h1-6H,7-8,14H2,(H,16,18). The maximum absolute atomic E-state index is 11.8. The first kappa shape index (κ1) is 12.6. The molecular formula is C12H13ClN4O. The summed E-state index contributed by atoms with van der Waals surface area (Å²) in [4.78, 5) is 15.9. The second kappa shape index (κ2) is 5.66. The van der Waals surface area contributed by atoms with Gasteiger partial charge in [0, 0.05) is 23.1 Å². The zero-order chi connectivity index (χ0) is 13.0. The molecule has 18 heavy (non-hydrogen) atoms. The second-order valence-electron chi connectivity index (χ2n) is 3.73. The van der Waals surface area contributed by atoms with Crippen LogP contribution in [0.3, 0.4) is 0 Å². The molecule has 94 valence electrons. The van der Waals surface area contributed by atoms with Crippen LogP contribution in [-0.2, 0) is 17.9 Å². The van der Waals surface area contributed by atoms with Crippen LogP contribution in [0.5, 0.6) is 0 Å². The largest absolute Gasteiger partial charge is 0.324 e. The fourth-order valence-electron chi connectivity index (χ4n) is 1.60. The summed E-state index contributed by atoms with van der Waals surface area (Å²) >= 11 is 5.84. The van der Waals surface area contributed by atoms with E-state index in [0.29, 0.717) is 23.1 Å². The zero-order valence-corrected chi connectivity index (χ0v) is 10.4. The summed E-state index contributed by atoms with van der Waals surface area (Å²) in [7, 11) is 0. The number of carbonyl (C=O) groups excluding carboxylic acids is 1. The number of carbonyl (C=O) groups is 1. The molecule has 5 nitrogen and oxygen atoms in total. The molecule has 0 radical (unpaired) electrons. The number of imidazole rings is 1. The highest BCUT2D eigenvalue weighted by molar-refractivity contribution is 6.30. The van der Waals surface area contributed by atoms with Crippen molar-refractivity contribution < 1.29 is 4.79 Å². The second-order valence-corrected chi connectivity index (χ2v) is 4.17. The highest BCUT2D eigenvalue weighted by Crippen LogP contribution is 2.14. The fraction of sp³-hybridized carbons (Fsp3) is 0.167. The van der Waals surface area contributed by atoms with Gasteiger partial charge in [-0.3, -0.25) is 4.79 Å². The molecular weight excluding hydrogens is 252 g/mol.